The van der Waals surface area contributed by atoms with Crippen LogP contribution in [0.3, 0.4) is 0 Å². The van der Waals surface area contributed by atoms with E-state index in [2.05, 4.69) is 17.3 Å². The average molecular weight is 232 g/mol. The molecule has 0 unspecified atom stereocenters. The number of unbranched alkanes of at least 4 members (excludes halogenated alkanes) is 1. The lowest BCUT2D eigenvalue weighted by Crippen LogP contribution is -2.30. The van der Waals surface area contributed by atoms with Crippen molar-refractivity contribution < 1.29 is 4.79 Å². The number of rotatable bonds is 3. The number of nitrogens with one attached hydrogen (secondary N) is 1. The Labute approximate surface area is 99.6 Å². The quantitative estimate of drug-likeness (QED) is 0.795. The Bertz CT molecular complexity index is 532. The molecular formula is C12H16N4O. The van der Waals surface area contributed by atoms with Gasteiger partial charge in [0.25, 0.3) is 0 Å². The summed E-state index contributed by atoms with van der Waals surface area (Å²) < 4.78 is 1.32. The molecule has 2 aromatic rings. The molecule has 0 aliphatic heterocycles. The Hall–Kier alpha value is -2.04. The number of nitrogens with two attached hydrogens (primary N) is 1. The van der Waals surface area contributed by atoms with Crippen LogP contribution >= 0.6 is 0 Å². The number of amides is 1. The van der Waals surface area contributed by atoms with E-state index >= 15 is 0 Å². The molecule has 0 fully saturated rings. The highest BCUT2D eigenvalue weighted by molar-refractivity contribution is 5.95. The second-order valence-electron chi connectivity index (χ2n) is 3.90. The molecule has 0 atom stereocenters. The van der Waals surface area contributed by atoms with Crippen molar-refractivity contribution in [2.24, 2.45) is 0 Å². The van der Waals surface area contributed by atoms with Crippen molar-refractivity contribution in [1.82, 2.24) is 15.1 Å². The largest absolute Gasteiger partial charge is 0.382 e. The zero-order valence-electron chi connectivity index (χ0n) is 9.81. The van der Waals surface area contributed by atoms with Crippen LogP contribution in [0.5, 0.6) is 0 Å². The summed E-state index contributed by atoms with van der Waals surface area (Å²) in [6.07, 6.45) is 2.00. The molecule has 0 spiro atoms. The van der Waals surface area contributed by atoms with Crippen LogP contribution in [-0.4, -0.2) is 22.4 Å². The average Bonchev–Trinajstić information content (AvgIpc) is 2.68. The van der Waals surface area contributed by atoms with E-state index in [1.54, 1.807) is 0 Å². The Morgan fingerprint density at radius 3 is 3.00 bits per heavy atom. The van der Waals surface area contributed by atoms with E-state index in [4.69, 9.17) is 5.73 Å². The van der Waals surface area contributed by atoms with Gasteiger partial charge in [-0.1, -0.05) is 25.5 Å². The van der Waals surface area contributed by atoms with Crippen molar-refractivity contribution >= 4 is 22.8 Å². The fourth-order valence-corrected chi connectivity index (χ4v) is 1.69. The second-order valence-corrected chi connectivity index (χ2v) is 3.90. The van der Waals surface area contributed by atoms with Crippen molar-refractivity contribution in [3.05, 3.63) is 24.3 Å². The SMILES string of the molecule is CCCCNC(=O)n1nc(N)c2ccccc21. The molecule has 1 heterocycles. The minimum Gasteiger partial charge on any atom is -0.382 e. The molecule has 2 rings (SSSR count). The topological polar surface area (TPSA) is 72.9 Å². The van der Waals surface area contributed by atoms with Gasteiger partial charge >= 0.3 is 6.03 Å². The van der Waals surface area contributed by atoms with E-state index in [1.807, 2.05) is 24.3 Å². The molecule has 0 aliphatic carbocycles. The fourth-order valence-electron chi connectivity index (χ4n) is 1.69. The van der Waals surface area contributed by atoms with Gasteiger partial charge in [0.05, 0.1) is 5.52 Å². The van der Waals surface area contributed by atoms with Crippen LogP contribution in [-0.2, 0) is 0 Å². The number of anilines is 1. The minimum absolute atomic E-state index is 0.230. The van der Waals surface area contributed by atoms with Gasteiger partial charge < -0.3 is 11.1 Å². The first-order valence-electron chi connectivity index (χ1n) is 5.75. The molecular weight excluding hydrogens is 216 g/mol. The maximum atomic E-state index is 11.9. The number of hydrogen-bond acceptors (Lipinski definition) is 3. The molecule has 5 nitrogen and oxygen atoms in total. The van der Waals surface area contributed by atoms with E-state index in [1.165, 1.54) is 4.68 Å². The smallest absolute Gasteiger partial charge is 0.342 e. The van der Waals surface area contributed by atoms with Gasteiger partial charge in [0, 0.05) is 11.9 Å². The van der Waals surface area contributed by atoms with Crippen LogP contribution in [0.15, 0.2) is 24.3 Å². The number of para-hydroxylation sites is 1. The third-order valence-corrected chi connectivity index (χ3v) is 2.61. The summed E-state index contributed by atoms with van der Waals surface area (Å²) in [5, 5.41) is 7.67. The van der Waals surface area contributed by atoms with Gasteiger partial charge in [-0.15, -0.1) is 5.10 Å². The van der Waals surface area contributed by atoms with Crippen molar-refractivity contribution in [3.63, 3.8) is 0 Å². The Morgan fingerprint density at radius 2 is 2.24 bits per heavy atom. The van der Waals surface area contributed by atoms with Crippen molar-refractivity contribution in [2.45, 2.75) is 19.8 Å². The number of nitrogen functional groups attached to an aromatic ring is 1. The van der Waals surface area contributed by atoms with Crippen LogP contribution in [0.25, 0.3) is 10.9 Å². The Kier molecular flexibility index (Phi) is 3.27. The summed E-state index contributed by atoms with van der Waals surface area (Å²) in [6.45, 7) is 2.73. The maximum Gasteiger partial charge on any atom is 0.342 e. The van der Waals surface area contributed by atoms with Crippen molar-refractivity contribution in [3.8, 4) is 0 Å². The van der Waals surface area contributed by atoms with Gasteiger partial charge in [-0.3, -0.25) is 0 Å². The van der Waals surface area contributed by atoms with Crippen molar-refractivity contribution in [1.29, 1.82) is 0 Å². The van der Waals surface area contributed by atoms with E-state index < -0.39 is 0 Å². The molecule has 0 saturated carbocycles. The molecule has 0 bridgehead atoms. The van der Waals surface area contributed by atoms with Crippen LogP contribution in [0, 0.1) is 0 Å². The number of aromatic nitrogens is 2. The molecule has 3 N–H and O–H groups in total. The van der Waals surface area contributed by atoms with Gasteiger partial charge in [-0.2, -0.15) is 4.68 Å². The summed E-state index contributed by atoms with van der Waals surface area (Å²) in [4.78, 5) is 11.9. The van der Waals surface area contributed by atoms with Crippen LogP contribution in [0.4, 0.5) is 10.6 Å². The number of fused-ring (bicyclic) bond motifs is 1. The molecule has 1 aromatic heterocycles. The predicted octanol–water partition coefficient (Wildman–Crippen LogP) is 1.98. The van der Waals surface area contributed by atoms with E-state index in [9.17, 15) is 4.79 Å². The lowest BCUT2D eigenvalue weighted by atomic mass is 10.2. The Morgan fingerprint density at radius 1 is 1.47 bits per heavy atom. The summed E-state index contributed by atoms with van der Waals surface area (Å²) in [7, 11) is 0. The number of nitrogens with zero attached hydrogens (tertiary/aromatic N) is 2. The highest BCUT2D eigenvalue weighted by atomic mass is 16.2. The molecule has 90 valence electrons. The zero-order chi connectivity index (χ0) is 12.3. The highest BCUT2D eigenvalue weighted by Crippen LogP contribution is 2.19. The lowest BCUT2D eigenvalue weighted by molar-refractivity contribution is 0.240. The number of carbonyl (C=O) groups excluding carboxylic acids is 1. The summed E-state index contributed by atoms with van der Waals surface area (Å²) in [5.41, 5.74) is 6.49. The zero-order valence-corrected chi connectivity index (χ0v) is 9.81. The molecule has 0 radical (unpaired) electrons. The fraction of sp³-hybridized carbons (Fsp3) is 0.333. The first-order valence-corrected chi connectivity index (χ1v) is 5.75. The summed E-state index contributed by atoms with van der Waals surface area (Å²) >= 11 is 0. The highest BCUT2D eigenvalue weighted by Gasteiger charge is 2.12. The van der Waals surface area contributed by atoms with Gasteiger partial charge in [0.1, 0.15) is 0 Å². The minimum atomic E-state index is -0.230. The molecule has 1 amide bonds. The molecule has 0 saturated heterocycles. The summed E-state index contributed by atoms with van der Waals surface area (Å²) in [5.74, 6) is 0.381. The van der Waals surface area contributed by atoms with Crippen LogP contribution < -0.4 is 11.1 Å². The first-order chi connectivity index (χ1) is 8.24. The van der Waals surface area contributed by atoms with E-state index in [0.29, 0.717) is 12.4 Å². The Balaban J connectivity index is 2.26. The molecule has 0 aliphatic rings. The summed E-state index contributed by atoms with van der Waals surface area (Å²) in [6, 6.07) is 7.19. The second kappa shape index (κ2) is 4.86. The third-order valence-electron chi connectivity index (χ3n) is 2.61. The first kappa shape index (κ1) is 11.4. The van der Waals surface area contributed by atoms with Gasteiger partial charge in [-0.05, 0) is 18.6 Å². The number of carbonyl (C=O) groups is 1. The van der Waals surface area contributed by atoms with Crippen LogP contribution in [0.1, 0.15) is 19.8 Å². The normalized spacial score (nSPS) is 10.6. The van der Waals surface area contributed by atoms with Crippen LogP contribution in [0.2, 0.25) is 0 Å². The number of hydrogen-bond donors (Lipinski definition) is 2. The van der Waals surface area contributed by atoms with E-state index in [-0.39, 0.29) is 6.03 Å². The standard InChI is InChI=1S/C12H16N4O/c1-2-3-8-14-12(17)16-10-7-5-4-6-9(10)11(13)15-16/h4-7H,2-3,8H2,1H3,(H2,13,15)(H,14,17). The van der Waals surface area contributed by atoms with E-state index in [0.717, 1.165) is 23.7 Å². The molecule has 17 heavy (non-hydrogen) atoms. The van der Waals surface area contributed by atoms with Gasteiger partial charge in [0.2, 0.25) is 0 Å². The number of benzene rings is 1. The van der Waals surface area contributed by atoms with Gasteiger partial charge in [-0.25, -0.2) is 4.79 Å². The third kappa shape index (κ3) is 2.22. The monoisotopic (exact) mass is 232 g/mol. The molecule has 5 heteroatoms. The maximum absolute atomic E-state index is 11.9. The molecule has 1 aromatic carbocycles. The van der Waals surface area contributed by atoms with Gasteiger partial charge in [0.15, 0.2) is 5.82 Å². The van der Waals surface area contributed by atoms with Crippen molar-refractivity contribution in [2.75, 3.05) is 12.3 Å². The predicted molar refractivity (Wildman–Crippen MR) is 67.9 cm³/mol. The lowest BCUT2D eigenvalue weighted by Gasteiger charge is -2.04.